The molecule has 0 bridgehead atoms. The van der Waals surface area contributed by atoms with E-state index in [4.69, 9.17) is 17.4 Å². The molecule has 5 heteroatoms. The van der Waals surface area contributed by atoms with Gasteiger partial charge in [0.1, 0.15) is 5.82 Å². The van der Waals surface area contributed by atoms with Crippen LogP contribution in [0.25, 0.3) is 0 Å². The Bertz CT molecular complexity index is 592. The van der Waals surface area contributed by atoms with Gasteiger partial charge in [0, 0.05) is 15.5 Å². The molecule has 0 radical (unpaired) electrons. The minimum Gasteiger partial charge on any atom is -0.271 e. The first-order chi connectivity index (χ1) is 9.60. The number of halogens is 3. The largest absolute Gasteiger partial charge is 0.271 e. The van der Waals surface area contributed by atoms with Crippen molar-refractivity contribution in [1.29, 1.82) is 0 Å². The Labute approximate surface area is 131 Å². The number of hydrogen-bond acceptors (Lipinski definition) is 2. The molecule has 2 aromatic rings. The lowest BCUT2D eigenvalue weighted by Gasteiger charge is -2.17. The summed E-state index contributed by atoms with van der Waals surface area (Å²) in [5, 5.41) is 0.554. The maximum Gasteiger partial charge on any atom is 0.123 e. The fourth-order valence-corrected chi connectivity index (χ4v) is 2.73. The standard InChI is InChI=1S/C15H15BrClFN2/c16-14-4-2-1-3-10(14)8-13(20-19)9-11-7-12(18)5-6-15(11)17/h1-7,13,20H,8-9,19H2. The zero-order valence-corrected chi connectivity index (χ0v) is 13.1. The molecule has 0 aliphatic rings. The highest BCUT2D eigenvalue weighted by Crippen LogP contribution is 2.22. The second-order valence-corrected chi connectivity index (χ2v) is 5.86. The smallest absolute Gasteiger partial charge is 0.123 e. The lowest BCUT2D eigenvalue weighted by Crippen LogP contribution is -2.38. The first-order valence-electron chi connectivity index (χ1n) is 6.23. The molecule has 106 valence electrons. The van der Waals surface area contributed by atoms with Gasteiger partial charge in [-0.05, 0) is 48.2 Å². The van der Waals surface area contributed by atoms with E-state index < -0.39 is 0 Å². The van der Waals surface area contributed by atoms with Gasteiger partial charge in [-0.2, -0.15) is 0 Å². The molecule has 0 saturated carbocycles. The van der Waals surface area contributed by atoms with Gasteiger partial charge in [0.15, 0.2) is 0 Å². The Hall–Kier alpha value is -0.940. The van der Waals surface area contributed by atoms with Gasteiger partial charge in [-0.15, -0.1) is 0 Å². The van der Waals surface area contributed by atoms with Gasteiger partial charge in [0.05, 0.1) is 0 Å². The van der Waals surface area contributed by atoms with E-state index in [0.717, 1.165) is 22.0 Å². The third kappa shape index (κ3) is 4.03. The first-order valence-corrected chi connectivity index (χ1v) is 7.40. The number of nitrogens with two attached hydrogens (primary N) is 1. The molecule has 1 unspecified atom stereocenters. The zero-order chi connectivity index (χ0) is 14.5. The number of rotatable bonds is 5. The average Bonchev–Trinajstić information content (AvgIpc) is 2.44. The minimum atomic E-state index is -0.291. The molecule has 0 saturated heterocycles. The van der Waals surface area contributed by atoms with E-state index in [1.165, 1.54) is 12.1 Å². The first kappa shape index (κ1) is 15.4. The molecule has 0 spiro atoms. The summed E-state index contributed by atoms with van der Waals surface area (Å²) in [5.41, 5.74) is 4.66. The summed E-state index contributed by atoms with van der Waals surface area (Å²) in [7, 11) is 0. The Morgan fingerprint density at radius 2 is 1.85 bits per heavy atom. The lowest BCUT2D eigenvalue weighted by atomic mass is 9.99. The van der Waals surface area contributed by atoms with Crippen LogP contribution in [-0.4, -0.2) is 6.04 Å². The quantitative estimate of drug-likeness (QED) is 0.630. The molecule has 2 aromatic carbocycles. The van der Waals surface area contributed by atoms with Crippen LogP contribution < -0.4 is 11.3 Å². The topological polar surface area (TPSA) is 38.0 Å². The molecule has 0 heterocycles. The van der Waals surface area contributed by atoms with Crippen LogP contribution in [0.4, 0.5) is 4.39 Å². The minimum absolute atomic E-state index is 0.0204. The van der Waals surface area contributed by atoms with Gasteiger partial charge in [0.2, 0.25) is 0 Å². The average molecular weight is 358 g/mol. The van der Waals surface area contributed by atoms with E-state index in [1.54, 1.807) is 6.07 Å². The van der Waals surface area contributed by atoms with E-state index >= 15 is 0 Å². The number of hydrogen-bond donors (Lipinski definition) is 2. The normalized spacial score (nSPS) is 12.4. The molecule has 1 atom stereocenters. The third-order valence-electron chi connectivity index (χ3n) is 3.13. The Morgan fingerprint density at radius 3 is 2.55 bits per heavy atom. The van der Waals surface area contributed by atoms with Gasteiger partial charge < -0.3 is 0 Å². The maximum absolute atomic E-state index is 13.3. The molecule has 2 nitrogen and oxygen atoms in total. The van der Waals surface area contributed by atoms with Crippen molar-refractivity contribution in [2.75, 3.05) is 0 Å². The fourth-order valence-electron chi connectivity index (χ4n) is 2.08. The van der Waals surface area contributed by atoms with Crippen molar-refractivity contribution in [3.05, 3.63) is 68.9 Å². The molecule has 0 fully saturated rings. The maximum atomic E-state index is 13.3. The third-order valence-corrected chi connectivity index (χ3v) is 4.28. The van der Waals surface area contributed by atoms with Gasteiger partial charge in [0.25, 0.3) is 0 Å². The van der Waals surface area contributed by atoms with Gasteiger partial charge in [-0.25, -0.2) is 4.39 Å². The van der Waals surface area contributed by atoms with Crippen LogP contribution >= 0.6 is 27.5 Å². The lowest BCUT2D eigenvalue weighted by molar-refractivity contribution is 0.520. The summed E-state index contributed by atoms with van der Waals surface area (Å²) < 4.78 is 14.3. The van der Waals surface area contributed by atoms with E-state index in [-0.39, 0.29) is 11.9 Å². The van der Waals surface area contributed by atoms with Crippen LogP contribution in [0.3, 0.4) is 0 Å². The monoisotopic (exact) mass is 356 g/mol. The molecule has 3 N–H and O–H groups in total. The van der Waals surface area contributed by atoms with Crippen molar-refractivity contribution in [3.8, 4) is 0 Å². The summed E-state index contributed by atoms with van der Waals surface area (Å²) in [4.78, 5) is 0. The van der Waals surface area contributed by atoms with Crippen molar-refractivity contribution in [2.45, 2.75) is 18.9 Å². The summed E-state index contributed by atoms with van der Waals surface area (Å²) >= 11 is 9.60. The van der Waals surface area contributed by atoms with Crippen molar-refractivity contribution in [3.63, 3.8) is 0 Å². The predicted molar refractivity (Wildman–Crippen MR) is 84.1 cm³/mol. The van der Waals surface area contributed by atoms with Crippen LogP contribution in [0.1, 0.15) is 11.1 Å². The summed E-state index contributed by atoms with van der Waals surface area (Å²) in [6.07, 6.45) is 1.29. The molecule has 20 heavy (non-hydrogen) atoms. The van der Waals surface area contributed by atoms with Crippen LogP contribution in [0.5, 0.6) is 0 Å². The van der Waals surface area contributed by atoms with Crippen LogP contribution in [0.15, 0.2) is 46.9 Å². The Balaban J connectivity index is 2.13. The number of nitrogens with one attached hydrogen (secondary N) is 1. The summed E-state index contributed by atoms with van der Waals surface area (Å²) in [6, 6.07) is 12.3. The SMILES string of the molecule is NNC(Cc1cc(F)ccc1Cl)Cc1ccccc1Br. The van der Waals surface area contributed by atoms with E-state index in [0.29, 0.717) is 11.4 Å². The summed E-state index contributed by atoms with van der Waals surface area (Å²) in [5.74, 6) is 5.31. The van der Waals surface area contributed by atoms with Crippen molar-refractivity contribution in [2.24, 2.45) is 5.84 Å². The highest BCUT2D eigenvalue weighted by Gasteiger charge is 2.13. The second-order valence-electron chi connectivity index (χ2n) is 4.60. The van der Waals surface area contributed by atoms with E-state index in [9.17, 15) is 4.39 Å². The van der Waals surface area contributed by atoms with Crippen molar-refractivity contribution < 1.29 is 4.39 Å². The van der Waals surface area contributed by atoms with Gasteiger partial charge in [-0.3, -0.25) is 11.3 Å². The van der Waals surface area contributed by atoms with Crippen molar-refractivity contribution in [1.82, 2.24) is 5.43 Å². The fraction of sp³-hybridized carbons (Fsp3) is 0.200. The van der Waals surface area contributed by atoms with Crippen LogP contribution in [0.2, 0.25) is 5.02 Å². The molecule has 0 aromatic heterocycles. The Morgan fingerprint density at radius 1 is 1.15 bits per heavy atom. The molecular weight excluding hydrogens is 343 g/mol. The molecular formula is C15H15BrClFN2. The predicted octanol–water partition coefficient (Wildman–Crippen LogP) is 3.86. The van der Waals surface area contributed by atoms with E-state index in [2.05, 4.69) is 21.4 Å². The zero-order valence-electron chi connectivity index (χ0n) is 10.7. The van der Waals surface area contributed by atoms with Gasteiger partial charge >= 0.3 is 0 Å². The number of benzene rings is 2. The molecule has 0 aliphatic heterocycles. The molecule has 0 aliphatic carbocycles. The highest BCUT2D eigenvalue weighted by atomic mass is 79.9. The molecule has 2 rings (SSSR count). The second kappa shape index (κ2) is 7.18. The van der Waals surface area contributed by atoms with Crippen LogP contribution in [-0.2, 0) is 12.8 Å². The number of hydrazine groups is 1. The highest BCUT2D eigenvalue weighted by molar-refractivity contribution is 9.10. The molecule has 0 amide bonds. The van der Waals surface area contributed by atoms with Gasteiger partial charge in [-0.1, -0.05) is 45.7 Å². The van der Waals surface area contributed by atoms with E-state index in [1.807, 2.05) is 24.3 Å². The Kier molecular flexibility index (Phi) is 5.54. The summed E-state index contributed by atoms with van der Waals surface area (Å²) in [6.45, 7) is 0. The van der Waals surface area contributed by atoms with Crippen molar-refractivity contribution >= 4 is 27.5 Å². The van der Waals surface area contributed by atoms with Crippen LogP contribution in [0, 0.1) is 5.82 Å².